The van der Waals surface area contributed by atoms with E-state index in [2.05, 4.69) is 15.3 Å². The van der Waals surface area contributed by atoms with Gasteiger partial charge in [0.2, 0.25) is 12.7 Å². The van der Waals surface area contributed by atoms with Gasteiger partial charge in [0.05, 0.1) is 12.0 Å². The summed E-state index contributed by atoms with van der Waals surface area (Å²) in [6.07, 6.45) is 4.16. The molecular weight excluding hydrogens is 282 g/mol. The fourth-order valence-corrected chi connectivity index (χ4v) is 3.01. The first-order chi connectivity index (χ1) is 10.8. The van der Waals surface area contributed by atoms with Gasteiger partial charge in [0, 0.05) is 24.6 Å². The number of rotatable bonds is 3. The SMILES string of the molecule is O=C(NCc1ccc2c(c1)OCO2)[C@H]1CCc2nc[nH]c2C1. The van der Waals surface area contributed by atoms with Crippen LogP contribution in [0.25, 0.3) is 0 Å². The van der Waals surface area contributed by atoms with E-state index >= 15 is 0 Å². The quantitative estimate of drug-likeness (QED) is 0.902. The summed E-state index contributed by atoms with van der Waals surface area (Å²) >= 11 is 0. The normalized spacial score (nSPS) is 18.8. The third-order valence-electron chi connectivity index (χ3n) is 4.26. The van der Waals surface area contributed by atoms with E-state index in [1.165, 1.54) is 0 Å². The van der Waals surface area contributed by atoms with Gasteiger partial charge in [0.1, 0.15) is 0 Å². The standard InChI is InChI=1S/C16H17N3O3/c20-16(11-2-3-12-13(6-11)19-8-18-12)17-7-10-1-4-14-15(5-10)22-9-21-14/h1,4-5,8,11H,2-3,6-7,9H2,(H,17,20)(H,18,19)/t11-/m0/s1. The lowest BCUT2D eigenvalue weighted by molar-refractivity contribution is -0.125. The Morgan fingerprint density at radius 2 is 2.27 bits per heavy atom. The second kappa shape index (κ2) is 5.36. The van der Waals surface area contributed by atoms with Crippen LogP contribution in [0.1, 0.15) is 23.4 Å². The number of amides is 1. The molecule has 1 atom stereocenters. The van der Waals surface area contributed by atoms with Crippen molar-refractivity contribution in [1.29, 1.82) is 0 Å². The Bertz CT molecular complexity index is 710. The molecule has 0 radical (unpaired) electrons. The lowest BCUT2D eigenvalue weighted by Gasteiger charge is -2.20. The molecule has 0 saturated heterocycles. The average molecular weight is 299 g/mol. The molecule has 1 amide bonds. The van der Waals surface area contributed by atoms with Crippen molar-refractivity contribution in [3.8, 4) is 11.5 Å². The number of hydrogen-bond donors (Lipinski definition) is 2. The number of hydrogen-bond acceptors (Lipinski definition) is 4. The number of imidazole rings is 1. The number of nitrogens with zero attached hydrogens (tertiary/aromatic N) is 1. The fraction of sp³-hybridized carbons (Fsp3) is 0.375. The largest absolute Gasteiger partial charge is 0.454 e. The number of aromatic nitrogens is 2. The summed E-state index contributed by atoms with van der Waals surface area (Å²) in [6, 6.07) is 5.74. The maximum Gasteiger partial charge on any atom is 0.231 e. The number of benzene rings is 1. The zero-order valence-corrected chi connectivity index (χ0v) is 12.1. The lowest BCUT2D eigenvalue weighted by atomic mass is 9.89. The summed E-state index contributed by atoms with van der Waals surface area (Å²) in [5, 5.41) is 3.01. The van der Waals surface area contributed by atoms with E-state index in [0.717, 1.165) is 47.7 Å². The highest BCUT2D eigenvalue weighted by Gasteiger charge is 2.26. The van der Waals surface area contributed by atoms with Crippen LogP contribution >= 0.6 is 0 Å². The molecule has 0 saturated carbocycles. The van der Waals surface area contributed by atoms with Crippen molar-refractivity contribution in [2.24, 2.45) is 5.92 Å². The van der Waals surface area contributed by atoms with Gasteiger partial charge in [-0.1, -0.05) is 6.07 Å². The number of aromatic amines is 1. The zero-order valence-electron chi connectivity index (χ0n) is 12.1. The molecule has 0 fully saturated rings. The summed E-state index contributed by atoms with van der Waals surface area (Å²) in [4.78, 5) is 19.7. The van der Waals surface area contributed by atoms with E-state index in [0.29, 0.717) is 6.54 Å². The maximum atomic E-state index is 12.3. The van der Waals surface area contributed by atoms with Gasteiger partial charge < -0.3 is 19.8 Å². The summed E-state index contributed by atoms with van der Waals surface area (Å²) in [6.45, 7) is 0.765. The molecule has 4 rings (SSSR count). The molecule has 114 valence electrons. The number of H-pyrrole nitrogens is 1. The molecule has 0 bridgehead atoms. The molecule has 1 aliphatic heterocycles. The Morgan fingerprint density at radius 1 is 1.36 bits per heavy atom. The van der Waals surface area contributed by atoms with Crippen LogP contribution in [0.3, 0.4) is 0 Å². The van der Waals surface area contributed by atoms with Crippen LogP contribution < -0.4 is 14.8 Å². The van der Waals surface area contributed by atoms with Crippen molar-refractivity contribution in [3.05, 3.63) is 41.5 Å². The van der Waals surface area contributed by atoms with E-state index in [4.69, 9.17) is 9.47 Å². The maximum absolute atomic E-state index is 12.3. The third-order valence-corrected chi connectivity index (χ3v) is 4.26. The number of carbonyl (C=O) groups is 1. The smallest absolute Gasteiger partial charge is 0.231 e. The fourth-order valence-electron chi connectivity index (χ4n) is 3.01. The van der Waals surface area contributed by atoms with Crippen LogP contribution in [0.15, 0.2) is 24.5 Å². The number of carbonyl (C=O) groups excluding carboxylic acids is 1. The van der Waals surface area contributed by atoms with Crippen LogP contribution in [0.2, 0.25) is 0 Å². The first kappa shape index (κ1) is 13.2. The van der Waals surface area contributed by atoms with Gasteiger partial charge in [-0.25, -0.2) is 4.98 Å². The predicted octanol–water partition coefficient (Wildman–Crippen LogP) is 1.56. The van der Waals surface area contributed by atoms with Crippen molar-refractivity contribution in [2.75, 3.05) is 6.79 Å². The van der Waals surface area contributed by atoms with Crippen molar-refractivity contribution in [2.45, 2.75) is 25.8 Å². The van der Waals surface area contributed by atoms with Crippen LogP contribution in [-0.4, -0.2) is 22.7 Å². The highest BCUT2D eigenvalue weighted by molar-refractivity contribution is 5.79. The number of fused-ring (bicyclic) bond motifs is 2. The van der Waals surface area contributed by atoms with Crippen molar-refractivity contribution in [1.82, 2.24) is 15.3 Å². The Kier molecular flexibility index (Phi) is 3.21. The first-order valence-electron chi connectivity index (χ1n) is 7.47. The minimum absolute atomic E-state index is 0.0157. The van der Waals surface area contributed by atoms with Gasteiger partial charge in [0.25, 0.3) is 0 Å². The first-order valence-corrected chi connectivity index (χ1v) is 7.47. The van der Waals surface area contributed by atoms with Gasteiger partial charge >= 0.3 is 0 Å². The van der Waals surface area contributed by atoms with Gasteiger partial charge in [0.15, 0.2) is 11.5 Å². The van der Waals surface area contributed by atoms with Gasteiger partial charge in [-0.3, -0.25) is 4.79 Å². The average Bonchev–Trinajstić information content (AvgIpc) is 3.19. The minimum Gasteiger partial charge on any atom is -0.454 e. The van der Waals surface area contributed by atoms with E-state index < -0.39 is 0 Å². The van der Waals surface area contributed by atoms with Crippen molar-refractivity contribution >= 4 is 5.91 Å². The van der Waals surface area contributed by atoms with E-state index in [1.807, 2.05) is 18.2 Å². The number of nitrogens with one attached hydrogen (secondary N) is 2. The van der Waals surface area contributed by atoms with Crippen LogP contribution in [0.4, 0.5) is 0 Å². The van der Waals surface area contributed by atoms with Crippen LogP contribution in [0.5, 0.6) is 11.5 Å². The van der Waals surface area contributed by atoms with Crippen LogP contribution in [-0.2, 0) is 24.2 Å². The highest BCUT2D eigenvalue weighted by Crippen LogP contribution is 2.32. The molecule has 1 aromatic carbocycles. The Morgan fingerprint density at radius 3 is 3.23 bits per heavy atom. The van der Waals surface area contributed by atoms with Gasteiger partial charge in [-0.2, -0.15) is 0 Å². The Labute approximate surface area is 127 Å². The second-order valence-electron chi connectivity index (χ2n) is 5.67. The number of aryl methyl sites for hydroxylation is 1. The summed E-state index contributed by atoms with van der Waals surface area (Å²) in [5.41, 5.74) is 3.20. The minimum atomic E-state index is 0.0157. The van der Waals surface area contributed by atoms with Gasteiger partial charge in [-0.05, 0) is 30.5 Å². The molecule has 1 aromatic heterocycles. The van der Waals surface area contributed by atoms with Gasteiger partial charge in [-0.15, -0.1) is 0 Å². The summed E-state index contributed by atoms with van der Waals surface area (Å²) < 4.78 is 10.6. The highest BCUT2D eigenvalue weighted by atomic mass is 16.7. The number of ether oxygens (including phenoxy) is 2. The molecule has 0 unspecified atom stereocenters. The second-order valence-corrected chi connectivity index (χ2v) is 5.67. The van der Waals surface area contributed by atoms with E-state index in [-0.39, 0.29) is 18.6 Å². The summed E-state index contributed by atoms with van der Waals surface area (Å²) in [5.74, 6) is 1.61. The Balaban J connectivity index is 1.37. The zero-order chi connectivity index (χ0) is 14.9. The molecular formula is C16H17N3O3. The molecule has 2 N–H and O–H groups in total. The molecule has 6 nitrogen and oxygen atoms in total. The lowest BCUT2D eigenvalue weighted by Crippen LogP contribution is -2.33. The topological polar surface area (TPSA) is 76.2 Å². The Hall–Kier alpha value is -2.50. The van der Waals surface area contributed by atoms with E-state index in [1.54, 1.807) is 6.33 Å². The molecule has 2 aliphatic rings. The molecule has 6 heteroatoms. The molecule has 0 spiro atoms. The predicted molar refractivity (Wildman–Crippen MR) is 78.5 cm³/mol. The van der Waals surface area contributed by atoms with Crippen molar-refractivity contribution in [3.63, 3.8) is 0 Å². The molecule has 1 aliphatic carbocycles. The van der Waals surface area contributed by atoms with Crippen molar-refractivity contribution < 1.29 is 14.3 Å². The van der Waals surface area contributed by atoms with E-state index in [9.17, 15) is 4.79 Å². The monoisotopic (exact) mass is 299 g/mol. The third kappa shape index (κ3) is 2.41. The summed E-state index contributed by atoms with van der Waals surface area (Å²) in [7, 11) is 0. The van der Waals surface area contributed by atoms with Crippen LogP contribution in [0, 0.1) is 5.92 Å². The molecule has 2 aromatic rings. The molecule has 22 heavy (non-hydrogen) atoms. The molecule has 2 heterocycles.